The van der Waals surface area contributed by atoms with Crippen molar-refractivity contribution in [2.24, 2.45) is 5.92 Å². The highest BCUT2D eigenvalue weighted by Gasteiger charge is 2.31. The van der Waals surface area contributed by atoms with E-state index in [1.165, 1.54) is 19.1 Å². The number of benzene rings is 1. The molecule has 0 saturated carbocycles. The zero-order valence-corrected chi connectivity index (χ0v) is 11.4. The summed E-state index contributed by atoms with van der Waals surface area (Å²) in [6.07, 6.45) is -4.75. The van der Waals surface area contributed by atoms with Gasteiger partial charge in [-0.15, -0.1) is 13.2 Å². The van der Waals surface area contributed by atoms with Gasteiger partial charge in [0.25, 0.3) is 0 Å². The summed E-state index contributed by atoms with van der Waals surface area (Å²) in [4.78, 5) is 10.6. The molecule has 0 aliphatic heterocycles. The van der Waals surface area contributed by atoms with Crippen LogP contribution >= 0.6 is 15.9 Å². The number of nitrogens with one attached hydrogen (secondary N) is 1. The Hall–Kier alpha value is -1.44. The van der Waals surface area contributed by atoms with Crippen LogP contribution in [0.4, 0.5) is 18.9 Å². The summed E-state index contributed by atoms with van der Waals surface area (Å²) in [5.74, 6) is -1.92. The van der Waals surface area contributed by atoms with Crippen molar-refractivity contribution in [2.45, 2.75) is 13.3 Å². The Balaban J connectivity index is 2.69. The van der Waals surface area contributed by atoms with Gasteiger partial charge >= 0.3 is 12.3 Å². The number of carboxylic acids is 1. The highest BCUT2D eigenvalue weighted by molar-refractivity contribution is 9.10. The van der Waals surface area contributed by atoms with Gasteiger partial charge in [-0.1, -0.05) is 6.92 Å². The first kappa shape index (κ1) is 15.6. The summed E-state index contributed by atoms with van der Waals surface area (Å²) >= 11 is 2.95. The van der Waals surface area contributed by atoms with Crippen LogP contribution in [0.2, 0.25) is 0 Å². The van der Waals surface area contributed by atoms with E-state index < -0.39 is 18.2 Å². The Morgan fingerprint density at radius 1 is 1.53 bits per heavy atom. The predicted molar refractivity (Wildman–Crippen MR) is 66.1 cm³/mol. The van der Waals surface area contributed by atoms with Gasteiger partial charge in [0, 0.05) is 12.2 Å². The van der Waals surface area contributed by atoms with Crippen LogP contribution in [0, 0.1) is 5.92 Å². The van der Waals surface area contributed by atoms with E-state index in [0.717, 1.165) is 6.07 Å². The third kappa shape index (κ3) is 5.37. The van der Waals surface area contributed by atoms with Gasteiger partial charge in [0.2, 0.25) is 0 Å². The second kappa shape index (κ2) is 6.14. The Morgan fingerprint density at radius 2 is 2.16 bits per heavy atom. The number of aliphatic carboxylic acids is 1. The van der Waals surface area contributed by atoms with E-state index in [9.17, 15) is 18.0 Å². The molecule has 1 rings (SSSR count). The van der Waals surface area contributed by atoms with Gasteiger partial charge in [-0.25, -0.2) is 0 Å². The van der Waals surface area contributed by atoms with E-state index >= 15 is 0 Å². The summed E-state index contributed by atoms with van der Waals surface area (Å²) in [5, 5.41) is 11.5. The van der Waals surface area contributed by atoms with Crippen LogP contribution in [0.3, 0.4) is 0 Å². The molecule has 0 heterocycles. The minimum atomic E-state index is -4.75. The topological polar surface area (TPSA) is 58.6 Å². The average molecular weight is 342 g/mol. The van der Waals surface area contributed by atoms with Crippen molar-refractivity contribution in [2.75, 3.05) is 11.9 Å². The third-order valence-corrected chi connectivity index (χ3v) is 2.81. The van der Waals surface area contributed by atoms with E-state index in [2.05, 4.69) is 26.0 Å². The molecule has 0 fully saturated rings. The molecule has 1 aromatic rings. The van der Waals surface area contributed by atoms with Gasteiger partial charge in [0.15, 0.2) is 0 Å². The van der Waals surface area contributed by atoms with Crippen molar-refractivity contribution in [3.63, 3.8) is 0 Å². The fourth-order valence-electron chi connectivity index (χ4n) is 1.18. The van der Waals surface area contributed by atoms with Crippen molar-refractivity contribution in [3.8, 4) is 5.75 Å². The monoisotopic (exact) mass is 341 g/mol. The molecule has 0 aliphatic carbocycles. The molecule has 1 atom stereocenters. The molecule has 19 heavy (non-hydrogen) atoms. The lowest BCUT2D eigenvalue weighted by Gasteiger charge is -2.13. The zero-order chi connectivity index (χ0) is 14.6. The quantitative estimate of drug-likeness (QED) is 0.860. The summed E-state index contributed by atoms with van der Waals surface area (Å²) in [7, 11) is 0. The molecule has 0 bridgehead atoms. The number of ether oxygens (including phenoxy) is 1. The van der Waals surface area contributed by atoms with Crippen LogP contribution in [0.15, 0.2) is 22.7 Å². The molecule has 4 nitrogen and oxygen atoms in total. The third-order valence-electron chi connectivity index (χ3n) is 2.19. The second-order valence-electron chi connectivity index (χ2n) is 3.81. The molecule has 1 aromatic carbocycles. The predicted octanol–water partition coefficient (Wildman–Crippen LogP) is 3.48. The first-order valence-corrected chi connectivity index (χ1v) is 6.00. The SMILES string of the molecule is CC(CNc1ccc(OC(F)(F)F)c(Br)c1)C(=O)O. The summed E-state index contributed by atoms with van der Waals surface area (Å²) in [6.45, 7) is 1.69. The molecule has 8 heteroatoms. The Labute approximate surface area is 115 Å². The molecule has 0 spiro atoms. The van der Waals surface area contributed by atoms with Crippen molar-refractivity contribution < 1.29 is 27.8 Å². The lowest BCUT2D eigenvalue weighted by atomic mass is 10.2. The molecular weight excluding hydrogens is 331 g/mol. The van der Waals surface area contributed by atoms with Crippen LogP contribution in [-0.2, 0) is 4.79 Å². The molecule has 2 N–H and O–H groups in total. The highest BCUT2D eigenvalue weighted by Crippen LogP contribution is 2.32. The second-order valence-corrected chi connectivity index (χ2v) is 4.67. The van der Waals surface area contributed by atoms with Gasteiger partial charge in [-0.05, 0) is 34.1 Å². The van der Waals surface area contributed by atoms with E-state index in [1.54, 1.807) is 0 Å². The number of halogens is 4. The smallest absolute Gasteiger partial charge is 0.481 e. The number of carboxylic acid groups (broad SMARTS) is 1. The summed E-state index contributed by atoms with van der Waals surface area (Å²) in [6, 6.07) is 3.90. The molecule has 0 amide bonds. The maximum Gasteiger partial charge on any atom is 0.573 e. The van der Waals surface area contributed by atoms with Crippen molar-refractivity contribution in [1.82, 2.24) is 0 Å². The van der Waals surface area contributed by atoms with Crippen LogP contribution in [0.1, 0.15) is 6.92 Å². The van der Waals surface area contributed by atoms with Gasteiger partial charge in [0.1, 0.15) is 5.75 Å². The van der Waals surface area contributed by atoms with Crippen molar-refractivity contribution in [1.29, 1.82) is 0 Å². The molecule has 0 saturated heterocycles. The number of carbonyl (C=O) groups is 1. The average Bonchev–Trinajstić information content (AvgIpc) is 2.27. The Morgan fingerprint density at radius 3 is 2.63 bits per heavy atom. The number of rotatable bonds is 5. The van der Waals surface area contributed by atoms with Gasteiger partial charge in [-0.3, -0.25) is 4.79 Å². The minimum absolute atomic E-state index is 0.123. The molecule has 0 radical (unpaired) electrons. The van der Waals surface area contributed by atoms with E-state index in [-0.39, 0.29) is 16.8 Å². The molecule has 1 unspecified atom stereocenters. The minimum Gasteiger partial charge on any atom is -0.481 e. The lowest BCUT2D eigenvalue weighted by molar-refractivity contribution is -0.274. The molecule has 0 aliphatic rings. The zero-order valence-electron chi connectivity index (χ0n) is 9.79. The van der Waals surface area contributed by atoms with Crippen molar-refractivity contribution >= 4 is 27.6 Å². The van der Waals surface area contributed by atoms with Gasteiger partial charge in [0.05, 0.1) is 10.4 Å². The fourth-order valence-corrected chi connectivity index (χ4v) is 1.64. The van der Waals surface area contributed by atoms with E-state index in [0.29, 0.717) is 5.69 Å². The van der Waals surface area contributed by atoms with Gasteiger partial charge in [-0.2, -0.15) is 0 Å². The normalized spacial score (nSPS) is 12.9. The van der Waals surface area contributed by atoms with Crippen LogP contribution in [0.5, 0.6) is 5.75 Å². The van der Waals surface area contributed by atoms with Crippen LogP contribution < -0.4 is 10.1 Å². The Bertz CT molecular complexity index is 465. The standard InChI is InChI=1S/C11H11BrF3NO3/c1-6(10(17)18)5-16-7-2-3-9(8(12)4-7)19-11(13,14)15/h2-4,6,16H,5H2,1H3,(H,17,18). The van der Waals surface area contributed by atoms with Crippen LogP contribution in [0.25, 0.3) is 0 Å². The molecule has 106 valence electrons. The summed E-state index contributed by atoms with van der Waals surface area (Å²) in [5.41, 5.74) is 0.495. The number of alkyl halides is 3. The van der Waals surface area contributed by atoms with E-state index in [4.69, 9.17) is 5.11 Å². The van der Waals surface area contributed by atoms with Crippen molar-refractivity contribution in [3.05, 3.63) is 22.7 Å². The first-order chi connectivity index (χ1) is 8.69. The van der Waals surface area contributed by atoms with E-state index in [1.807, 2.05) is 0 Å². The first-order valence-electron chi connectivity index (χ1n) is 5.21. The highest BCUT2D eigenvalue weighted by atomic mass is 79.9. The largest absolute Gasteiger partial charge is 0.573 e. The summed E-state index contributed by atoms with van der Waals surface area (Å²) < 4.78 is 40.0. The molecular formula is C11H11BrF3NO3. The Kier molecular flexibility index (Phi) is 5.04. The molecule has 0 aromatic heterocycles. The van der Waals surface area contributed by atoms with Crippen LogP contribution in [-0.4, -0.2) is 24.0 Å². The lowest BCUT2D eigenvalue weighted by Crippen LogP contribution is -2.20. The maximum absolute atomic E-state index is 12.0. The number of hydrogen-bond donors (Lipinski definition) is 2. The maximum atomic E-state index is 12.0. The number of hydrogen-bond acceptors (Lipinski definition) is 3. The number of anilines is 1. The fraction of sp³-hybridized carbons (Fsp3) is 0.364. The van der Waals surface area contributed by atoms with Gasteiger partial charge < -0.3 is 15.2 Å².